The van der Waals surface area contributed by atoms with E-state index in [2.05, 4.69) is 39.5 Å². The van der Waals surface area contributed by atoms with Crippen molar-refractivity contribution in [2.24, 2.45) is 10.8 Å². The summed E-state index contributed by atoms with van der Waals surface area (Å²) in [6.45, 7) is 12.0. The van der Waals surface area contributed by atoms with E-state index in [0.717, 1.165) is 13.0 Å². The van der Waals surface area contributed by atoms with Crippen molar-refractivity contribution in [2.75, 3.05) is 6.54 Å². The Bertz CT molecular complexity index is 337. The Balaban J connectivity index is 1.98. The van der Waals surface area contributed by atoms with Gasteiger partial charge in [0.2, 0.25) is 0 Å². The van der Waals surface area contributed by atoms with Crippen LogP contribution in [-0.4, -0.2) is 57.2 Å². The second-order valence-electron chi connectivity index (χ2n) is 8.42. The molecule has 0 radical (unpaired) electrons. The molecule has 2 fully saturated rings. The van der Waals surface area contributed by atoms with Gasteiger partial charge >= 0.3 is 0 Å². The number of aliphatic hydroxyl groups is 3. The minimum atomic E-state index is -0.785. The topological polar surface area (TPSA) is 63.7 Å². The van der Waals surface area contributed by atoms with Gasteiger partial charge in [-0.15, -0.1) is 0 Å². The Labute approximate surface area is 116 Å². The van der Waals surface area contributed by atoms with Crippen LogP contribution in [0, 0.1) is 10.8 Å². The predicted molar refractivity (Wildman–Crippen MR) is 74.8 cm³/mol. The van der Waals surface area contributed by atoms with Crippen LogP contribution in [0.3, 0.4) is 0 Å². The van der Waals surface area contributed by atoms with Crippen LogP contribution in [0.1, 0.15) is 47.5 Å². The smallest absolute Gasteiger partial charge is 0.0971 e. The molecule has 0 aromatic rings. The summed E-state index contributed by atoms with van der Waals surface area (Å²) in [6, 6.07) is -0.0179. The Morgan fingerprint density at radius 2 is 1.53 bits per heavy atom. The van der Waals surface area contributed by atoms with Crippen molar-refractivity contribution in [1.29, 1.82) is 0 Å². The van der Waals surface area contributed by atoms with Gasteiger partial charge in [-0.1, -0.05) is 34.6 Å². The molecule has 4 nitrogen and oxygen atoms in total. The highest BCUT2D eigenvalue weighted by Crippen LogP contribution is 2.45. The highest BCUT2D eigenvalue weighted by molar-refractivity contribution is 5.15. The SMILES string of the molecule is CC(C)(C)CC(C)(C)CN1C2C(O)CC(O)[C@@H](O)C21. The summed E-state index contributed by atoms with van der Waals surface area (Å²) < 4.78 is 0. The Morgan fingerprint density at radius 3 is 2.05 bits per heavy atom. The van der Waals surface area contributed by atoms with Crippen LogP contribution in [0.4, 0.5) is 0 Å². The summed E-state index contributed by atoms with van der Waals surface area (Å²) in [7, 11) is 0. The van der Waals surface area contributed by atoms with Gasteiger partial charge in [0.25, 0.3) is 0 Å². The Kier molecular flexibility index (Phi) is 3.76. The normalized spacial score (nSPS) is 42.9. The molecule has 2 rings (SSSR count). The average molecular weight is 271 g/mol. The summed E-state index contributed by atoms with van der Waals surface area (Å²) >= 11 is 0. The summed E-state index contributed by atoms with van der Waals surface area (Å²) in [5.41, 5.74) is 0.404. The minimum absolute atomic E-state index is 0.0395. The lowest BCUT2D eigenvalue weighted by Gasteiger charge is -2.33. The molecule has 112 valence electrons. The van der Waals surface area contributed by atoms with Gasteiger partial charge in [0.1, 0.15) is 0 Å². The fourth-order valence-electron chi connectivity index (χ4n) is 4.12. The number of fused-ring (bicyclic) bond motifs is 1. The molecule has 1 saturated heterocycles. The standard InChI is InChI=1S/C15H29NO3/c1-14(2,3)7-15(4,5)8-16-11-9(17)6-10(18)13(19)12(11)16/h9-13,17-19H,6-8H2,1-5H3/t9?,10?,11?,12?,13-,16?/m1/s1. The molecule has 3 N–H and O–H groups in total. The molecular weight excluding hydrogens is 242 g/mol. The third-order valence-corrected chi connectivity index (χ3v) is 4.27. The van der Waals surface area contributed by atoms with Gasteiger partial charge in [0.05, 0.1) is 30.4 Å². The first kappa shape index (κ1) is 15.2. The minimum Gasteiger partial charge on any atom is -0.391 e. The molecular formula is C15H29NO3. The molecule has 2 aliphatic rings. The van der Waals surface area contributed by atoms with Gasteiger partial charge in [0, 0.05) is 13.0 Å². The molecule has 0 spiro atoms. The van der Waals surface area contributed by atoms with Crippen LogP contribution >= 0.6 is 0 Å². The number of likely N-dealkylation sites (tertiary alicyclic amines) is 1. The Hall–Kier alpha value is -0.160. The highest BCUT2D eigenvalue weighted by atomic mass is 16.3. The number of hydrogen-bond acceptors (Lipinski definition) is 4. The van der Waals surface area contributed by atoms with Gasteiger partial charge < -0.3 is 15.3 Å². The van der Waals surface area contributed by atoms with Crippen LogP contribution in [0.15, 0.2) is 0 Å². The number of nitrogens with zero attached hydrogens (tertiary/aromatic N) is 1. The molecule has 1 heterocycles. The van der Waals surface area contributed by atoms with Crippen molar-refractivity contribution in [2.45, 2.75) is 77.9 Å². The molecule has 6 atom stereocenters. The summed E-state index contributed by atoms with van der Waals surface area (Å²) in [4.78, 5) is 2.16. The van der Waals surface area contributed by atoms with Crippen molar-refractivity contribution in [3.05, 3.63) is 0 Å². The van der Waals surface area contributed by atoms with Crippen LogP contribution in [0.25, 0.3) is 0 Å². The first-order valence-electron chi connectivity index (χ1n) is 7.32. The first-order chi connectivity index (χ1) is 8.52. The molecule has 1 saturated carbocycles. The van der Waals surface area contributed by atoms with E-state index in [1.165, 1.54) is 0 Å². The molecule has 0 aromatic heterocycles. The number of hydrogen-bond donors (Lipinski definition) is 3. The van der Waals surface area contributed by atoms with Crippen molar-refractivity contribution < 1.29 is 15.3 Å². The van der Waals surface area contributed by atoms with E-state index in [4.69, 9.17) is 0 Å². The molecule has 1 aliphatic heterocycles. The van der Waals surface area contributed by atoms with E-state index >= 15 is 0 Å². The monoisotopic (exact) mass is 271 g/mol. The molecule has 1 aliphatic carbocycles. The summed E-state index contributed by atoms with van der Waals surface area (Å²) in [6.07, 6.45) is -0.622. The highest BCUT2D eigenvalue weighted by Gasteiger charge is 2.61. The molecule has 5 unspecified atom stereocenters. The van der Waals surface area contributed by atoms with Crippen LogP contribution < -0.4 is 0 Å². The second-order valence-corrected chi connectivity index (χ2v) is 8.42. The van der Waals surface area contributed by atoms with Gasteiger partial charge in [-0.2, -0.15) is 0 Å². The summed E-state index contributed by atoms with van der Waals surface area (Å²) in [5.74, 6) is 0. The number of aliphatic hydroxyl groups excluding tert-OH is 3. The second kappa shape index (κ2) is 4.69. The lowest BCUT2D eigenvalue weighted by Crippen LogP contribution is -2.42. The van der Waals surface area contributed by atoms with Gasteiger partial charge in [-0.25, -0.2) is 0 Å². The maximum absolute atomic E-state index is 10.0. The third kappa shape index (κ3) is 3.30. The fourth-order valence-corrected chi connectivity index (χ4v) is 4.12. The zero-order chi connectivity index (χ0) is 14.6. The first-order valence-corrected chi connectivity index (χ1v) is 7.32. The fraction of sp³-hybridized carbons (Fsp3) is 1.00. The average Bonchev–Trinajstić information content (AvgIpc) is 2.84. The quantitative estimate of drug-likeness (QED) is 0.670. The van der Waals surface area contributed by atoms with Crippen molar-refractivity contribution in [3.8, 4) is 0 Å². The number of rotatable bonds is 3. The summed E-state index contributed by atoms with van der Waals surface area (Å²) in [5, 5.41) is 29.7. The maximum atomic E-state index is 10.0. The third-order valence-electron chi connectivity index (χ3n) is 4.27. The predicted octanol–water partition coefficient (Wildman–Crippen LogP) is 0.988. The van der Waals surface area contributed by atoms with E-state index in [1.54, 1.807) is 0 Å². The van der Waals surface area contributed by atoms with E-state index < -0.39 is 18.3 Å². The van der Waals surface area contributed by atoms with Crippen LogP contribution in [-0.2, 0) is 0 Å². The molecule has 0 bridgehead atoms. The lowest BCUT2D eigenvalue weighted by atomic mass is 9.76. The van der Waals surface area contributed by atoms with E-state index in [9.17, 15) is 15.3 Å². The van der Waals surface area contributed by atoms with Crippen molar-refractivity contribution >= 4 is 0 Å². The van der Waals surface area contributed by atoms with E-state index in [0.29, 0.717) is 6.42 Å². The van der Waals surface area contributed by atoms with Crippen LogP contribution in [0.5, 0.6) is 0 Å². The lowest BCUT2D eigenvalue weighted by molar-refractivity contribution is -0.0331. The molecule has 0 aromatic carbocycles. The largest absolute Gasteiger partial charge is 0.391 e. The van der Waals surface area contributed by atoms with Gasteiger partial charge in [-0.3, -0.25) is 4.90 Å². The molecule has 0 amide bonds. The van der Waals surface area contributed by atoms with E-state index in [-0.39, 0.29) is 22.9 Å². The van der Waals surface area contributed by atoms with Crippen molar-refractivity contribution in [3.63, 3.8) is 0 Å². The molecule has 4 heteroatoms. The van der Waals surface area contributed by atoms with Gasteiger partial charge in [-0.05, 0) is 17.3 Å². The van der Waals surface area contributed by atoms with Gasteiger partial charge in [0.15, 0.2) is 0 Å². The maximum Gasteiger partial charge on any atom is 0.0971 e. The van der Waals surface area contributed by atoms with E-state index in [1.807, 2.05) is 0 Å². The zero-order valence-electron chi connectivity index (χ0n) is 12.8. The van der Waals surface area contributed by atoms with Crippen molar-refractivity contribution in [1.82, 2.24) is 4.90 Å². The zero-order valence-corrected chi connectivity index (χ0v) is 12.8. The Morgan fingerprint density at radius 1 is 0.947 bits per heavy atom. The van der Waals surface area contributed by atoms with Crippen LogP contribution in [0.2, 0.25) is 0 Å². The molecule has 19 heavy (non-hydrogen) atoms.